The van der Waals surface area contributed by atoms with Crippen molar-refractivity contribution in [3.63, 3.8) is 0 Å². The number of aryl methyl sites for hydroxylation is 1. The Labute approximate surface area is 154 Å². The number of benzene rings is 1. The zero-order chi connectivity index (χ0) is 18.9. The molecule has 0 saturated carbocycles. The molecule has 8 nitrogen and oxygen atoms in total. The molecule has 0 saturated heterocycles. The number of carbonyl (C=O) groups excluding carboxylic acids is 1. The van der Waals surface area contributed by atoms with E-state index < -0.39 is 10.0 Å². The van der Waals surface area contributed by atoms with Gasteiger partial charge in [-0.25, -0.2) is 18.5 Å². The zero-order valence-electron chi connectivity index (χ0n) is 14.0. The first-order valence-corrected chi connectivity index (χ1v) is 10.4. The predicted molar refractivity (Wildman–Crippen MR) is 97.1 cm³/mol. The van der Waals surface area contributed by atoms with Crippen LogP contribution in [-0.4, -0.2) is 29.6 Å². The molecule has 138 valence electrons. The van der Waals surface area contributed by atoms with Gasteiger partial charge in [-0.3, -0.25) is 14.2 Å². The van der Waals surface area contributed by atoms with Crippen molar-refractivity contribution in [1.29, 1.82) is 0 Å². The molecule has 2 heterocycles. The van der Waals surface area contributed by atoms with E-state index in [1.165, 1.54) is 28.5 Å². The molecule has 3 rings (SSSR count). The molecule has 0 fully saturated rings. The molecule has 1 unspecified atom stereocenters. The third kappa shape index (κ3) is 3.97. The molecular formula is C16H18N4O4S2. The molecule has 2 aromatic rings. The summed E-state index contributed by atoms with van der Waals surface area (Å²) >= 11 is 1.38. The van der Waals surface area contributed by atoms with Crippen LogP contribution in [0, 0.1) is 12.8 Å². The van der Waals surface area contributed by atoms with Crippen LogP contribution < -0.4 is 16.0 Å². The van der Waals surface area contributed by atoms with Crippen molar-refractivity contribution < 1.29 is 13.2 Å². The number of aromatic nitrogens is 2. The predicted octanol–water partition coefficient (Wildman–Crippen LogP) is 0.237. The Hall–Kier alpha value is -2.17. The van der Waals surface area contributed by atoms with E-state index in [1.807, 2.05) is 0 Å². The Morgan fingerprint density at radius 1 is 1.38 bits per heavy atom. The van der Waals surface area contributed by atoms with Crippen LogP contribution >= 0.6 is 11.8 Å². The molecule has 0 bridgehead atoms. The highest BCUT2D eigenvalue weighted by Crippen LogP contribution is 2.25. The van der Waals surface area contributed by atoms with Gasteiger partial charge in [-0.1, -0.05) is 23.9 Å². The van der Waals surface area contributed by atoms with Crippen LogP contribution in [0.2, 0.25) is 0 Å². The fourth-order valence-corrected chi connectivity index (χ4v) is 4.15. The fourth-order valence-electron chi connectivity index (χ4n) is 2.59. The molecule has 1 amide bonds. The van der Waals surface area contributed by atoms with E-state index in [-0.39, 0.29) is 28.8 Å². The number of thioether (sulfide) groups is 1. The fraction of sp³-hybridized carbons (Fsp3) is 0.312. The number of carbonyl (C=O) groups is 1. The lowest BCUT2D eigenvalue weighted by atomic mass is 10.1. The summed E-state index contributed by atoms with van der Waals surface area (Å²) in [6, 6.07) is 6.00. The Morgan fingerprint density at radius 2 is 2.08 bits per heavy atom. The first-order valence-electron chi connectivity index (χ1n) is 7.84. The molecule has 1 aromatic carbocycles. The molecule has 0 spiro atoms. The van der Waals surface area contributed by atoms with Crippen molar-refractivity contribution in [2.75, 3.05) is 5.75 Å². The minimum absolute atomic E-state index is 0.0232. The summed E-state index contributed by atoms with van der Waals surface area (Å²) in [6.07, 6.45) is 1.55. The van der Waals surface area contributed by atoms with Gasteiger partial charge in [0.15, 0.2) is 5.16 Å². The second-order valence-electron chi connectivity index (χ2n) is 6.05. The van der Waals surface area contributed by atoms with Gasteiger partial charge in [-0.05, 0) is 24.6 Å². The second kappa shape index (κ2) is 7.22. The number of hydrogen-bond acceptors (Lipinski definition) is 6. The van der Waals surface area contributed by atoms with E-state index in [1.54, 1.807) is 25.3 Å². The third-order valence-electron chi connectivity index (χ3n) is 4.09. The maximum Gasteiger partial charge on any atom is 0.257 e. The lowest BCUT2D eigenvalue weighted by molar-refractivity contribution is -0.125. The lowest BCUT2D eigenvalue weighted by Gasteiger charge is -2.24. The van der Waals surface area contributed by atoms with Gasteiger partial charge in [0.05, 0.1) is 10.8 Å². The van der Waals surface area contributed by atoms with E-state index in [4.69, 9.17) is 5.14 Å². The average molecular weight is 394 g/mol. The summed E-state index contributed by atoms with van der Waals surface area (Å²) < 4.78 is 24.0. The molecule has 26 heavy (non-hydrogen) atoms. The van der Waals surface area contributed by atoms with Crippen molar-refractivity contribution in [3.05, 3.63) is 51.9 Å². The number of hydrogen-bond donors (Lipinski definition) is 2. The first kappa shape index (κ1) is 18.6. The Kier molecular flexibility index (Phi) is 5.17. The zero-order valence-corrected chi connectivity index (χ0v) is 15.6. The van der Waals surface area contributed by atoms with Gasteiger partial charge >= 0.3 is 0 Å². The molecule has 1 aliphatic heterocycles. The minimum Gasteiger partial charge on any atom is -0.352 e. The number of rotatable bonds is 4. The highest BCUT2D eigenvalue weighted by Gasteiger charge is 2.26. The summed E-state index contributed by atoms with van der Waals surface area (Å²) in [5.41, 5.74) is 1.17. The van der Waals surface area contributed by atoms with Crippen LogP contribution in [0.25, 0.3) is 0 Å². The lowest BCUT2D eigenvalue weighted by Crippen LogP contribution is -2.40. The van der Waals surface area contributed by atoms with Gasteiger partial charge in [0.1, 0.15) is 0 Å². The van der Waals surface area contributed by atoms with Crippen LogP contribution in [0.1, 0.15) is 11.1 Å². The van der Waals surface area contributed by atoms with Crippen molar-refractivity contribution >= 4 is 27.7 Å². The Morgan fingerprint density at radius 3 is 2.73 bits per heavy atom. The summed E-state index contributed by atoms with van der Waals surface area (Å²) in [6.45, 7) is 2.26. The van der Waals surface area contributed by atoms with E-state index in [0.717, 1.165) is 5.56 Å². The number of nitrogens with zero attached hydrogens (tertiary/aromatic N) is 2. The molecule has 0 aliphatic carbocycles. The molecular weight excluding hydrogens is 376 g/mol. The van der Waals surface area contributed by atoms with Gasteiger partial charge < -0.3 is 5.32 Å². The summed E-state index contributed by atoms with van der Waals surface area (Å²) in [5.74, 6) is 0.0515. The maximum absolute atomic E-state index is 12.4. The minimum atomic E-state index is -3.73. The number of nitrogens with two attached hydrogens (primary N) is 1. The third-order valence-corrected chi connectivity index (χ3v) is 6.17. The number of primary sulfonamides is 1. The Bertz CT molecular complexity index is 1000. The van der Waals surface area contributed by atoms with Crippen molar-refractivity contribution in [2.24, 2.45) is 11.1 Å². The van der Waals surface area contributed by atoms with Crippen LogP contribution in [0.3, 0.4) is 0 Å². The maximum atomic E-state index is 12.4. The summed E-state index contributed by atoms with van der Waals surface area (Å²) in [7, 11) is -3.73. The highest BCUT2D eigenvalue weighted by atomic mass is 32.2. The van der Waals surface area contributed by atoms with E-state index >= 15 is 0 Å². The molecule has 1 aliphatic rings. The summed E-state index contributed by atoms with van der Waals surface area (Å²) in [4.78, 5) is 28.9. The van der Waals surface area contributed by atoms with E-state index in [9.17, 15) is 18.0 Å². The van der Waals surface area contributed by atoms with Crippen molar-refractivity contribution in [3.8, 4) is 0 Å². The number of sulfonamides is 1. The monoisotopic (exact) mass is 394 g/mol. The van der Waals surface area contributed by atoms with Gasteiger partial charge in [0, 0.05) is 30.6 Å². The highest BCUT2D eigenvalue weighted by molar-refractivity contribution is 7.99. The topological polar surface area (TPSA) is 124 Å². The largest absolute Gasteiger partial charge is 0.352 e. The van der Waals surface area contributed by atoms with Gasteiger partial charge in [0.2, 0.25) is 15.9 Å². The van der Waals surface area contributed by atoms with Crippen molar-refractivity contribution in [1.82, 2.24) is 14.9 Å². The number of amides is 1. The number of nitrogens with one attached hydrogen (secondary N) is 1. The molecule has 0 radical (unpaired) electrons. The molecule has 1 atom stereocenters. The first-order chi connectivity index (χ1) is 12.3. The van der Waals surface area contributed by atoms with Gasteiger partial charge in [-0.2, -0.15) is 0 Å². The average Bonchev–Trinajstić information content (AvgIpc) is 2.62. The number of fused-ring (bicyclic) bond motifs is 1. The van der Waals surface area contributed by atoms with Crippen molar-refractivity contribution in [2.45, 2.75) is 30.1 Å². The standard InChI is InChI=1S/C16H18N4O4S2/c1-10-6-19-16-20(15(10)22)8-12(9-25-16)14(21)18-7-11-2-4-13(5-3-11)26(17,23)24/h2-6,12H,7-9H2,1H3,(H,18,21)(H2,17,23,24). The summed E-state index contributed by atoms with van der Waals surface area (Å²) in [5, 5.41) is 8.51. The van der Waals surface area contributed by atoms with E-state index in [2.05, 4.69) is 10.3 Å². The normalized spacial score (nSPS) is 16.8. The smallest absolute Gasteiger partial charge is 0.257 e. The SMILES string of the molecule is Cc1cnc2n(c1=O)CC(C(=O)NCc1ccc(S(N)(=O)=O)cc1)CS2. The molecule has 1 aromatic heterocycles. The van der Waals surface area contributed by atoms with Gasteiger partial charge in [-0.15, -0.1) is 0 Å². The quantitative estimate of drug-likeness (QED) is 0.716. The van der Waals surface area contributed by atoms with Crippen LogP contribution in [0.5, 0.6) is 0 Å². The van der Waals surface area contributed by atoms with E-state index in [0.29, 0.717) is 23.0 Å². The Balaban J connectivity index is 1.64. The molecule has 10 heteroatoms. The van der Waals surface area contributed by atoms with Gasteiger partial charge in [0.25, 0.3) is 5.56 Å². The molecule has 3 N–H and O–H groups in total. The van der Waals surface area contributed by atoms with Crippen LogP contribution in [0.15, 0.2) is 45.3 Å². The van der Waals surface area contributed by atoms with Crippen LogP contribution in [0.4, 0.5) is 0 Å². The van der Waals surface area contributed by atoms with Crippen LogP contribution in [-0.2, 0) is 27.9 Å². The second-order valence-corrected chi connectivity index (χ2v) is 8.60.